The first kappa shape index (κ1) is 78.4. The number of esters is 1. The second-order valence-electron chi connectivity index (χ2n) is 26.6. The Morgan fingerprint density at radius 1 is 0.616 bits per heavy atom. The average Bonchev–Trinajstić information content (AvgIpc) is 3.98. The normalized spacial score (nSPS) is 12.5. The lowest BCUT2D eigenvalue weighted by atomic mass is 9.97. The maximum absolute atomic E-state index is 11.5. The van der Waals surface area contributed by atoms with E-state index >= 15 is 0 Å². The van der Waals surface area contributed by atoms with Gasteiger partial charge in [0, 0.05) is 34.2 Å². The minimum Gasteiger partial charge on any atom is -0.463 e. The highest BCUT2D eigenvalue weighted by molar-refractivity contribution is 9.10. The molecule has 1 aromatic heterocycles. The van der Waals surface area contributed by atoms with Crippen molar-refractivity contribution < 1.29 is 19.1 Å². The molecule has 0 fully saturated rings. The Bertz CT molecular complexity index is 2660. The highest BCUT2D eigenvalue weighted by Crippen LogP contribution is 2.24. The molecule has 1 atom stereocenters. The molecule has 0 bridgehead atoms. The van der Waals surface area contributed by atoms with E-state index in [1.54, 1.807) is 6.92 Å². The second kappa shape index (κ2) is 46.5. The monoisotopic (exact) mass is 1240 g/mol. The van der Waals surface area contributed by atoms with Crippen molar-refractivity contribution in [2.45, 2.75) is 220 Å². The molecule has 6 nitrogen and oxygen atoms in total. The third-order valence-corrected chi connectivity index (χ3v) is 14.2. The van der Waals surface area contributed by atoms with Gasteiger partial charge in [-0.05, 0) is 191 Å². The molecule has 2 N–H and O–H groups in total. The molecule has 5 aromatic carbocycles. The summed E-state index contributed by atoms with van der Waals surface area (Å²) in [6.07, 6.45) is 25.2. The van der Waals surface area contributed by atoms with Crippen LogP contribution in [-0.4, -0.2) is 29.3 Å². The number of nitrogens with one attached hydrogen (secondary N) is 2. The number of carbonyl (C=O) groups is 2. The molecule has 6 aromatic rings. The van der Waals surface area contributed by atoms with Gasteiger partial charge in [-0.25, -0.2) is 9.59 Å². The summed E-state index contributed by atoms with van der Waals surface area (Å²) in [4.78, 5) is 25.4. The van der Waals surface area contributed by atoms with Crippen LogP contribution in [0, 0.1) is 41.4 Å². The molecule has 1 heterocycles. The Labute approximate surface area is 534 Å². The van der Waals surface area contributed by atoms with E-state index < -0.39 is 5.60 Å². The number of allylic oxidation sites excluding steroid dienone is 3. The number of carbonyl (C=O) groups excluding carboxylic acids is 2. The molecule has 7 rings (SSSR count). The van der Waals surface area contributed by atoms with E-state index in [1.165, 1.54) is 122 Å². The molecular formula is C79H119BrN2O4. The van der Waals surface area contributed by atoms with Gasteiger partial charge in [0.05, 0.1) is 6.61 Å². The summed E-state index contributed by atoms with van der Waals surface area (Å²) >= 11 is 3.41. The van der Waals surface area contributed by atoms with Crippen molar-refractivity contribution in [2.24, 2.45) is 41.4 Å². The summed E-state index contributed by atoms with van der Waals surface area (Å²) in [5, 5.41) is 4.13. The van der Waals surface area contributed by atoms with Crippen LogP contribution in [0.15, 0.2) is 168 Å². The van der Waals surface area contributed by atoms with Crippen LogP contribution in [0.1, 0.15) is 215 Å². The number of aromatic amines is 1. The number of benzene rings is 5. The van der Waals surface area contributed by atoms with E-state index in [-0.39, 0.29) is 12.1 Å². The molecule has 0 spiro atoms. The molecular weight excluding hydrogens is 1120 g/mol. The molecule has 7 heteroatoms. The molecule has 1 unspecified atom stereocenters. The summed E-state index contributed by atoms with van der Waals surface area (Å²) in [6.45, 7) is 39.4. The van der Waals surface area contributed by atoms with Crippen LogP contribution < -0.4 is 5.32 Å². The Kier molecular flexibility index (Phi) is 42.4. The van der Waals surface area contributed by atoms with Crippen molar-refractivity contribution in [3.05, 3.63) is 202 Å². The summed E-state index contributed by atoms with van der Waals surface area (Å²) in [5.74, 6) is 5.68. The maximum atomic E-state index is 11.5. The summed E-state index contributed by atoms with van der Waals surface area (Å²) in [5.41, 5.74) is 9.00. The van der Waals surface area contributed by atoms with Crippen LogP contribution >= 0.6 is 15.9 Å². The fraction of sp³-hybridized carbons (Fsp3) is 0.519. The summed E-state index contributed by atoms with van der Waals surface area (Å²) < 4.78 is 11.0. The zero-order chi connectivity index (χ0) is 64.3. The molecule has 0 aliphatic heterocycles. The molecule has 86 heavy (non-hydrogen) atoms. The van der Waals surface area contributed by atoms with Crippen LogP contribution in [0.25, 0.3) is 10.9 Å². The largest absolute Gasteiger partial charge is 0.463 e. The van der Waals surface area contributed by atoms with E-state index in [4.69, 9.17) is 4.74 Å². The van der Waals surface area contributed by atoms with E-state index in [0.717, 1.165) is 45.5 Å². The number of para-hydroxylation sites is 1. The number of rotatable bonds is 21. The van der Waals surface area contributed by atoms with Gasteiger partial charge in [0.2, 0.25) is 0 Å². The number of hydrogen-bond donors (Lipinski definition) is 2. The van der Waals surface area contributed by atoms with E-state index in [9.17, 15) is 9.59 Å². The lowest BCUT2D eigenvalue weighted by molar-refractivity contribution is -0.137. The molecule has 0 saturated heterocycles. The fourth-order valence-electron chi connectivity index (χ4n) is 9.06. The van der Waals surface area contributed by atoms with Gasteiger partial charge in [0.15, 0.2) is 0 Å². The van der Waals surface area contributed by atoms with Gasteiger partial charge in [0.25, 0.3) is 0 Å². The average molecular weight is 1240 g/mol. The number of amides is 1. The maximum Gasteiger partial charge on any atom is 0.407 e. The standard InChI is InChI=1S/C15H23NO2.C14H19N.C12H18.C11H16.C10H13Br.C9H16.C8H14O2/c1-11(2)13-8-6-12(7-9-13)10-16-14(17)18-15(3,4)5;1-11(2)6-5-7-12-10-15-14-9-4-3-8-13(12)14;1-11(2)7-6-10-12-8-4-3-5-9-12;1-10(2)8-9-11-6-4-3-5-7-11;1-8(2)7-9-3-5-10(11)6-4-9;1-8(2)7-9-5-3-4-6-9;1-4-10-8(9)6-5-7(2)3/h6-9,11H,10H2,1-5H3,(H,16,17);3-4,8-11,15H,5-7H2,1-2H3;3-5,8-9,11H,6-7,10H2,1-2H3;3-7,10H,8-9H2,1-2H3;3-6,8H,7H2,1-2H3;3,5,8-9H,4,6-7H2,1-2H3;5-7H,4H2,1-3H3/b;;;;;;6-5+. The van der Waals surface area contributed by atoms with Crippen LogP contribution in [-0.2, 0) is 46.5 Å². The SMILES string of the molecule is CC(C)CC1C=CCC1.CC(C)CCCc1c[nH]c2ccccc12.CC(C)CCCc1ccccc1.CC(C)CCc1ccccc1.CC(C)Cc1ccc(Br)cc1.CC(C)c1ccc(CNC(=O)OC(C)(C)C)cc1.CCOC(=O)/C=C/C(C)C. The van der Waals surface area contributed by atoms with Gasteiger partial charge in [-0.1, -0.05) is 259 Å². The Morgan fingerprint density at radius 2 is 1.15 bits per heavy atom. The van der Waals surface area contributed by atoms with Crippen molar-refractivity contribution in [1.82, 2.24) is 10.3 Å². The lowest BCUT2D eigenvalue weighted by Crippen LogP contribution is -2.32. The van der Waals surface area contributed by atoms with Crippen LogP contribution in [0.4, 0.5) is 4.79 Å². The number of hydrogen-bond acceptors (Lipinski definition) is 4. The van der Waals surface area contributed by atoms with Gasteiger partial charge in [-0.15, -0.1) is 0 Å². The van der Waals surface area contributed by atoms with Crippen molar-refractivity contribution >= 4 is 38.9 Å². The first-order valence-corrected chi connectivity index (χ1v) is 33.5. The van der Waals surface area contributed by atoms with E-state index in [0.29, 0.717) is 25.0 Å². The second-order valence-corrected chi connectivity index (χ2v) is 27.5. The molecule has 0 radical (unpaired) electrons. The molecule has 1 amide bonds. The third kappa shape index (κ3) is 43.0. The van der Waals surface area contributed by atoms with E-state index in [2.05, 4.69) is 254 Å². The number of ether oxygens (including phenoxy) is 2. The zero-order valence-corrected chi connectivity index (χ0v) is 58.7. The molecule has 476 valence electrons. The first-order valence-electron chi connectivity index (χ1n) is 32.7. The smallest absolute Gasteiger partial charge is 0.407 e. The van der Waals surface area contributed by atoms with Gasteiger partial charge in [-0.2, -0.15) is 0 Å². The van der Waals surface area contributed by atoms with Crippen LogP contribution in [0.5, 0.6) is 0 Å². The quantitative estimate of drug-likeness (QED) is 0.0427. The summed E-state index contributed by atoms with van der Waals surface area (Å²) in [7, 11) is 0. The number of aromatic nitrogens is 1. The van der Waals surface area contributed by atoms with E-state index in [1.807, 2.05) is 52.8 Å². The van der Waals surface area contributed by atoms with Gasteiger partial charge in [-0.3, -0.25) is 0 Å². The fourth-order valence-corrected chi connectivity index (χ4v) is 9.32. The van der Waals surface area contributed by atoms with Gasteiger partial charge < -0.3 is 19.8 Å². The highest BCUT2D eigenvalue weighted by Gasteiger charge is 2.16. The molecule has 0 saturated carbocycles. The lowest BCUT2D eigenvalue weighted by Gasteiger charge is -2.19. The molecule has 1 aliphatic carbocycles. The zero-order valence-electron chi connectivity index (χ0n) is 57.1. The topological polar surface area (TPSA) is 80.4 Å². The number of halogens is 1. The third-order valence-electron chi connectivity index (χ3n) is 13.7. The van der Waals surface area contributed by atoms with Crippen molar-refractivity contribution in [3.8, 4) is 0 Å². The van der Waals surface area contributed by atoms with Gasteiger partial charge in [0.1, 0.15) is 5.60 Å². The minimum absolute atomic E-state index is 0.254. The van der Waals surface area contributed by atoms with Crippen LogP contribution in [0.2, 0.25) is 0 Å². The minimum atomic E-state index is -0.453. The Balaban J connectivity index is 0.000000508. The number of H-pyrrole nitrogens is 1. The van der Waals surface area contributed by atoms with Crippen molar-refractivity contribution in [2.75, 3.05) is 6.61 Å². The van der Waals surface area contributed by atoms with Crippen molar-refractivity contribution in [3.63, 3.8) is 0 Å². The number of alkyl carbamates (subject to hydrolysis) is 1. The molecule has 1 aliphatic rings. The highest BCUT2D eigenvalue weighted by atomic mass is 79.9. The van der Waals surface area contributed by atoms with Crippen LogP contribution in [0.3, 0.4) is 0 Å². The predicted octanol–water partition coefficient (Wildman–Crippen LogP) is 23.3. The first-order chi connectivity index (χ1) is 40.8. The van der Waals surface area contributed by atoms with Crippen molar-refractivity contribution in [1.29, 1.82) is 0 Å². The van der Waals surface area contributed by atoms with Gasteiger partial charge >= 0.3 is 12.1 Å². The number of aryl methyl sites for hydroxylation is 3. The number of fused-ring (bicyclic) bond motifs is 1. The Morgan fingerprint density at radius 3 is 1.64 bits per heavy atom. The predicted molar refractivity (Wildman–Crippen MR) is 378 cm³/mol. The Hall–Kier alpha value is -5.66. The summed E-state index contributed by atoms with van der Waals surface area (Å²) in [6, 6.07) is 46.7.